The smallest absolute Gasteiger partial charge is 0.347 e. The molecule has 0 spiro atoms. The summed E-state index contributed by atoms with van der Waals surface area (Å²) >= 11 is 1.57. The van der Waals surface area contributed by atoms with E-state index in [1.807, 2.05) is 95.6 Å². The molecule has 0 unspecified atom stereocenters. The Bertz CT molecular complexity index is 1880. The monoisotopic (exact) mass is 498 g/mol. The minimum Gasteiger partial charge on any atom is -0.422 e. The van der Waals surface area contributed by atoms with Gasteiger partial charge in [-0.3, -0.25) is 9.36 Å². The number of benzene rings is 4. The van der Waals surface area contributed by atoms with Gasteiger partial charge >= 0.3 is 5.97 Å². The number of para-hydroxylation sites is 1. The lowest BCUT2D eigenvalue weighted by Crippen LogP contribution is -2.25. The van der Waals surface area contributed by atoms with E-state index < -0.39 is 5.97 Å². The molecule has 1 aliphatic rings. The fourth-order valence-corrected chi connectivity index (χ4v) is 5.71. The van der Waals surface area contributed by atoms with Gasteiger partial charge in [0.25, 0.3) is 0 Å². The highest BCUT2D eigenvalue weighted by Crippen LogP contribution is 2.37. The van der Waals surface area contributed by atoms with Crippen LogP contribution in [-0.2, 0) is 4.79 Å². The van der Waals surface area contributed by atoms with E-state index in [-0.39, 0.29) is 11.4 Å². The van der Waals surface area contributed by atoms with Crippen LogP contribution in [0.4, 0.5) is 0 Å². The first-order chi connectivity index (χ1) is 18.2. The number of carbonyl (C=O) groups is 2. The second-order valence-electron chi connectivity index (χ2n) is 8.79. The number of Topliss-reactive ketones (excluding diaryl/α,β-unsaturated/α-hetero) is 1. The minimum atomic E-state index is -0.658. The number of rotatable bonds is 3. The molecule has 0 atom stereocenters. The molecule has 176 valence electrons. The highest BCUT2D eigenvalue weighted by Gasteiger charge is 2.32. The Balaban J connectivity index is 1.39. The summed E-state index contributed by atoms with van der Waals surface area (Å²) in [7, 11) is 0. The summed E-state index contributed by atoms with van der Waals surface area (Å²) < 4.78 is 8.55. The largest absolute Gasteiger partial charge is 0.422 e. The highest BCUT2D eigenvalue weighted by atomic mass is 32.1. The summed E-state index contributed by atoms with van der Waals surface area (Å²) in [6, 6.07) is 33.0. The molecule has 6 aromatic rings. The molecule has 0 radical (unpaired) electrons. The molecule has 0 bridgehead atoms. The van der Waals surface area contributed by atoms with E-state index in [1.165, 1.54) is 0 Å². The van der Waals surface area contributed by atoms with Crippen molar-refractivity contribution in [3.05, 3.63) is 120 Å². The summed E-state index contributed by atoms with van der Waals surface area (Å²) in [6.45, 7) is 0. The Labute approximate surface area is 215 Å². The van der Waals surface area contributed by atoms with Crippen molar-refractivity contribution < 1.29 is 14.3 Å². The van der Waals surface area contributed by atoms with Crippen molar-refractivity contribution in [1.29, 1.82) is 0 Å². The summed E-state index contributed by atoms with van der Waals surface area (Å²) in [5.74, 6) is -0.714. The molecule has 1 aliphatic heterocycles. The van der Waals surface area contributed by atoms with Crippen LogP contribution in [0.2, 0.25) is 0 Å². The SMILES string of the molecule is O=C1Oc2cc3ccccc3cc2C(=O)/C1=C/c1cc2sc(-c3ccccc3)nc2n1-c1ccccc1. The number of hydrogen-bond acceptors (Lipinski definition) is 5. The van der Waals surface area contributed by atoms with Crippen LogP contribution in [0, 0.1) is 0 Å². The maximum absolute atomic E-state index is 13.5. The Morgan fingerprint density at radius 2 is 1.46 bits per heavy atom. The van der Waals surface area contributed by atoms with Crippen LogP contribution in [-0.4, -0.2) is 21.3 Å². The van der Waals surface area contributed by atoms with Gasteiger partial charge in [-0.2, -0.15) is 0 Å². The molecule has 0 fully saturated rings. The van der Waals surface area contributed by atoms with Crippen LogP contribution >= 0.6 is 11.3 Å². The number of ether oxygens (including phenoxy) is 1. The molecule has 0 saturated heterocycles. The Hall–Kier alpha value is -4.81. The number of esters is 1. The summed E-state index contributed by atoms with van der Waals surface area (Å²) in [5.41, 5.74) is 3.76. The maximum Gasteiger partial charge on any atom is 0.347 e. The third-order valence-electron chi connectivity index (χ3n) is 6.47. The lowest BCUT2D eigenvalue weighted by molar-refractivity contribution is -0.130. The predicted octanol–water partition coefficient (Wildman–Crippen LogP) is 7.09. The van der Waals surface area contributed by atoms with E-state index in [2.05, 4.69) is 0 Å². The molecular weight excluding hydrogens is 480 g/mol. The van der Waals surface area contributed by atoms with Gasteiger partial charge < -0.3 is 4.74 Å². The van der Waals surface area contributed by atoms with Gasteiger partial charge in [-0.25, -0.2) is 9.78 Å². The number of hydrogen-bond donors (Lipinski definition) is 0. The normalized spacial score (nSPS) is 14.3. The molecule has 0 amide bonds. The number of fused-ring (bicyclic) bond motifs is 3. The minimum absolute atomic E-state index is 0.00611. The molecule has 0 saturated carbocycles. The van der Waals surface area contributed by atoms with E-state index in [9.17, 15) is 9.59 Å². The molecule has 4 aromatic carbocycles. The van der Waals surface area contributed by atoms with E-state index in [0.717, 1.165) is 37.4 Å². The summed E-state index contributed by atoms with van der Waals surface area (Å²) in [6.07, 6.45) is 1.62. The van der Waals surface area contributed by atoms with Gasteiger partial charge in [0.1, 0.15) is 16.3 Å². The number of ketones is 1. The zero-order chi connectivity index (χ0) is 24.9. The van der Waals surface area contributed by atoms with Gasteiger partial charge in [0.05, 0.1) is 16.0 Å². The van der Waals surface area contributed by atoms with Crippen molar-refractivity contribution >= 4 is 50.3 Å². The van der Waals surface area contributed by atoms with Crippen molar-refractivity contribution in [3.63, 3.8) is 0 Å². The van der Waals surface area contributed by atoms with Crippen LogP contribution in [0.25, 0.3) is 43.5 Å². The quantitative estimate of drug-likeness (QED) is 0.113. The van der Waals surface area contributed by atoms with E-state index in [4.69, 9.17) is 9.72 Å². The molecule has 0 aliphatic carbocycles. The average molecular weight is 499 g/mol. The van der Waals surface area contributed by atoms with Crippen LogP contribution in [0.1, 0.15) is 16.1 Å². The van der Waals surface area contributed by atoms with Gasteiger partial charge in [0, 0.05) is 11.3 Å². The first-order valence-electron chi connectivity index (χ1n) is 11.8. The fourth-order valence-electron chi connectivity index (χ4n) is 4.70. The van der Waals surface area contributed by atoms with Crippen molar-refractivity contribution in [2.75, 3.05) is 0 Å². The molecule has 0 N–H and O–H groups in total. The van der Waals surface area contributed by atoms with Gasteiger partial charge in [-0.05, 0) is 47.2 Å². The van der Waals surface area contributed by atoms with Gasteiger partial charge in [-0.15, -0.1) is 11.3 Å². The molecule has 3 heterocycles. The van der Waals surface area contributed by atoms with Crippen molar-refractivity contribution in [2.45, 2.75) is 0 Å². The van der Waals surface area contributed by atoms with E-state index >= 15 is 0 Å². The molecule has 5 nitrogen and oxygen atoms in total. The van der Waals surface area contributed by atoms with E-state index in [1.54, 1.807) is 29.5 Å². The van der Waals surface area contributed by atoms with Crippen molar-refractivity contribution in [2.24, 2.45) is 0 Å². The number of nitrogens with zero attached hydrogens (tertiary/aromatic N) is 2. The highest BCUT2D eigenvalue weighted by molar-refractivity contribution is 7.21. The van der Waals surface area contributed by atoms with Crippen LogP contribution in [0.5, 0.6) is 5.75 Å². The second kappa shape index (κ2) is 8.40. The van der Waals surface area contributed by atoms with Gasteiger partial charge in [0.15, 0.2) is 5.65 Å². The summed E-state index contributed by atoms with van der Waals surface area (Å²) in [5, 5.41) is 2.73. The molecule has 7 rings (SSSR count). The number of aromatic nitrogens is 2. The number of carbonyl (C=O) groups excluding carboxylic acids is 2. The zero-order valence-corrected chi connectivity index (χ0v) is 20.2. The third-order valence-corrected chi connectivity index (χ3v) is 7.51. The first kappa shape index (κ1) is 21.5. The summed E-state index contributed by atoms with van der Waals surface area (Å²) in [4.78, 5) is 31.5. The first-order valence-corrected chi connectivity index (χ1v) is 12.6. The zero-order valence-electron chi connectivity index (χ0n) is 19.4. The van der Waals surface area contributed by atoms with Crippen molar-refractivity contribution in [1.82, 2.24) is 9.55 Å². The Morgan fingerprint density at radius 1 is 0.784 bits per heavy atom. The second-order valence-corrected chi connectivity index (χ2v) is 9.82. The van der Waals surface area contributed by atoms with Gasteiger partial charge in [0.2, 0.25) is 5.78 Å². The molecule has 6 heteroatoms. The van der Waals surface area contributed by atoms with Crippen LogP contribution in [0.3, 0.4) is 0 Å². The Morgan fingerprint density at radius 3 is 2.22 bits per heavy atom. The lowest BCUT2D eigenvalue weighted by atomic mass is 9.96. The fraction of sp³-hybridized carbons (Fsp3) is 0. The topological polar surface area (TPSA) is 61.2 Å². The third kappa shape index (κ3) is 3.58. The predicted molar refractivity (Wildman–Crippen MR) is 146 cm³/mol. The standard InChI is InChI=1S/C31H18N2O3S/c34-28-24-15-20-11-7-8-12-21(20)16-26(24)36-31(35)25(28)17-23-18-27-29(33(23)22-13-5-2-6-14-22)32-30(37-27)19-9-3-1-4-10-19/h1-18H/b25-17-. The molecule has 2 aromatic heterocycles. The van der Waals surface area contributed by atoms with Crippen LogP contribution in [0.15, 0.2) is 109 Å². The molecular formula is C31H18N2O3S. The Kier molecular flexibility index (Phi) is 4.87. The van der Waals surface area contributed by atoms with Crippen LogP contribution < -0.4 is 4.74 Å². The molecule has 37 heavy (non-hydrogen) atoms. The maximum atomic E-state index is 13.5. The van der Waals surface area contributed by atoms with E-state index in [0.29, 0.717) is 17.0 Å². The lowest BCUT2D eigenvalue weighted by Gasteiger charge is -2.18. The average Bonchev–Trinajstić information content (AvgIpc) is 3.49. The number of thiazole rings is 1. The van der Waals surface area contributed by atoms with Crippen molar-refractivity contribution in [3.8, 4) is 22.0 Å². The van der Waals surface area contributed by atoms with Gasteiger partial charge in [-0.1, -0.05) is 72.8 Å².